The van der Waals surface area contributed by atoms with Crippen LogP contribution < -0.4 is 0 Å². The van der Waals surface area contributed by atoms with E-state index >= 15 is 0 Å². The van der Waals surface area contributed by atoms with Crippen LogP contribution in [0.15, 0.2) is 175 Å². The lowest BCUT2D eigenvalue weighted by Crippen LogP contribution is -2.05. The molecule has 0 heteroatoms. The van der Waals surface area contributed by atoms with Crippen molar-refractivity contribution in [3.63, 3.8) is 0 Å². The summed E-state index contributed by atoms with van der Waals surface area (Å²) in [6, 6.07) is 53.7. The standard InChI is InChI=1S/C53H50/c1-38-9-5-13-48(33-38)52(49-14-6-10-39(2)34-49)37-46-27-25-44(26-28-46)22-21-42-17-19-43(20-18-42)23-24-45-29-31-47(32-30-45)53(50-15-7-11-40(3)35-50)51-16-8-12-41(4)36-51/h5-25,27-36,44,52-53H,26,37H2,1-4H3/b22-21+,24-23+. The third-order valence-electron chi connectivity index (χ3n) is 10.5. The first-order chi connectivity index (χ1) is 25.9. The van der Waals surface area contributed by atoms with Gasteiger partial charge in [0.25, 0.3) is 0 Å². The average molecular weight is 687 g/mol. The number of hydrogen-bond donors (Lipinski definition) is 0. The quantitative estimate of drug-likeness (QED) is 0.0940. The highest BCUT2D eigenvalue weighted by Crippen LogP contribution is 2.35. The Morgan fingerprint density at radius 2 is 0.925 bits per heavy atom. The maximum absolute atomic E-state index is 2.44. The van der Waals surface area contributed by atoms with Gasteiger partial charge in [-0.1, -0.05) is 216 Å². The van der Waals surface area contributed by atoms with E-state index in [1.54, 1.807) is 0 Å². The van der Waals surface area contributed by atoms with E-state index in [2.05, 4.69) is 216 Å². The maximum Gasteiger partial charge on any atom is 0.0340 e. The largest absolute Gasteiger partial charge is 0.0804 e. The third-order valence-corrected chi connectivity index (χ3v) is 10.5. The zero-order valence-electron chi connectivity index (χ0n) is 31.5. The van der Waals surface area contributed by atoms with Crippen molar-refractivity contribution in [2.75, 3.05) is 0 Å². The molecule has 0 aliphatic heterocycles. The molecule has 1 aliphatic carbocycles. The van der Waals surface area contributed by atoms with E-state index in [1.807, 2.05) is 0 Å². The van der Waals surface area contributed by atoms with Crippen molar-refractivity contribution >= 4 is 18.2 Å². The Morgan fingerprint density at radius 1 is 0.491 bits per heavy atom. The molecule has 0 N–H and O–H groups in total. The molecule has 7 rings (SSSR count). The highest BCUT2D eigenvalue weighted by atomic mass is 14.2. The Labute approximate surface area is 317 Å². The normalized spacial score (nSPS) is 14.5. The first-order valence-electron chi connectivity index (χ1n) is 19.1. The van der Waals surface area contributed by atoms with Crippen molar-refractivity contribution in [3.8, 4) is 0 Å². The van der Waals surface area contributed by atoms with Gasteiger partial charge in [-0.25, -0.2) is 0 Å². The van der Waals surface area contributed by atoms with E-state index < -0.39 is 0 Å². The van der Waals surface area contributed by atoms with Gasteiger partial charge in [0.15, 0.2) is 0 Å². The Balaban J connectivity index is 0.971. The van der Waals surface area contributed by atoms with Crippen molar-refractivity contribution in [1.82, 2.24) is 0 Å². The summed E-state index contributed by atoms with van der Waals surface area (Å²) in [5.74, 6) is 0.968. The molecule has 6 aromatic carbocycles. The molecule has 0 bridgehead atoms. The molecule has 1 unspecified atom stereocenters. The van der Waals surface area contributed by atoms with Crippen LogP contribution in [0.3, 0.4) is 0 Å². The number of allylic oxidation sites excluding steroid dienone is 5. The molecule has 0 aromatic heterocycles. The van der Waals surface area contributed by atoms with E-state index in [-0.39, 0.29) is 5.92 Å². The number of benzene rings is 6. The minimum absolute atomic E-state index is 0.205. The Morgan fingerprint density at radius 3 is 1.38 bits per heavy atom. The van der Waals surface area contributed by atoms with Gasteiger partial charge in [-0.3, -0.25) is 0 Å². The molecule has 0 radical (unpaired) electrons. The molecule has 1 atom stereocenters. The molecule has 0 nitrogen and oxygen atoms in total. The zero-order chi connectivity index (χ0) is 36.6. The van der Waals surface area contributed by atoms with Crippen molar-refractivity contribution in [2.45, 2.75) is 52.4 Å². The summed E-state index contributed by atoms with van der Waals surface area (Å²) in [7, 11) is 0. The molecule has 0 heterocycles. The van der Waals surface area contributed by atoms with Crippen LogP contribution in [0.25, 0.3) is 18.2 Å². The predicted molar refractivity (Wildman–Crippen MR) is 228 cm³/mol. The Kier molecular flexibility index (Phi) is 11.3. The number of hydrogen-bond acceptors (Lipinski definition) is 0. The van der Waals surface area contributed by atoms with Gasteiger partial charge in [0.1, 0.15) is 0 Å². The second kappa shape index (κ2) is 16.7. The average Bonchev–Trinajstić information content (AvgIpc) is 3.17. The van der Waals surface area contributed by atoms with E-state index in [0.717, 1.165) is 12.8 Å². The molecule has 0 fully saturated rings. The van der Waals surface area contributed by atoms with Crippen LogP contribution in [0, 0.1) is 33.6 Å². The van der Waals surface area contributed by atoms with Gasteiger partial charge in [0.05, 0.1) is 0 Å². The second-order valence-corrected chi connectivity index (χ2v) is 14.9. The van der Waals surface area contributed by atoms with E-state index in [9.17, 15) is 0 Å². The molecule has 0 saturated heterocycles. The lowest BCUT2D eigenvalue weighted by Gasteiger charge is -2.22. The smallest absolute Gasteiger partial charge is 0.0340 e. The monoisotopic (exact) mass is 686 g/mol. The second-order valence-electron chi connectivity index (χ2n) is 14.9. The molecule has 0 spiro atoms. The number of rotatable bonds is 11. The van der Waals surface area contributed by atoms with E-state index in [4.69, 9.17) is 0 Å². The van der Waals surface area contributed by atoms with Crippen LogP contribution in [0.5, 0.6) is 0 Å². The number of aryl methyl sites for hydroxylation is 4. The van der Waals surface area contributed by atoms with Gasteiger partial charge < -0.3 is 0 Å². The molecule has 0 saturated carbocycles. The van der Waals surface area contributed by atoms with Gasteiger partial charge in [-0.2, -0.15) is 0 Å². The summed E-state index contributed by atoms with van der Waals surface area (Å²) in [5.41, 5.74) is 17.0. The van der Waals surface area contributed by atoms with Gasteiger partial charge >= 0.3 is 0 Å². The van der Waals surface area contributed by atoms with Gasteiger partial charge in [-0.15, -0.1) is 0 Å². The van der Waals surface area contributed by atoms with Crippen LogP contribution in [0.2, 0.25) is 0 Å². The highest BCUT2D eigenvalue weighted by molar-refractivity contribution is 5.70. The SMILES string of the molecule is Cc1cccc(C(CC2=CCC(/C=C/c3ccc(/C=C/c4ccc(C(c5cccc(C)c5)c5cccc(C)c5)cc4)cc3)C=C2)c2cccc(C)c2)c1. The fourth-order valence-corrected chi connectivity index (χ4v) is 7.63. The van der Waals surface area contributed by atoms with E-state index in [0.29, 0.717) is 11.8 Å². The molecule has 0 amide bonds. The van der Waals surface area contributed by atoms with E-state index in [1.165, 1.54) is 72.3 Å². The van der Waals surface area contributed by atoms with Crippen molar-refractivity contribution < 1.29 is 0 Å². The predicted octanol–water partition coefficient (Wildman–Crippen LogP) is 14.0. The Hall–Kier alpha value is -5.72. The van der Waals surface area contributed by atoms with Crippen LogP contribution in [-0.2, 0) is 0 Å². The summed E-state index contributed by atoms with van der Waals surface area (Å²) in [6.45, 7) is 8.72. The maximum atomic E-state index is 2.44. The van der Waals surface area contributed by atoms with Crippen molar-refractivity contribution in [2.24, 2.45) is 5.92 Å². The molecular formula is C53H50. The fraction of sp³-hybridized carbons (Fsp3) is 0.170. The summed E-state index contributed by atoms with van der Waals surface area (Å²) in [5, 5.41) is 0. The molecular weight excluding hydrogens is 637 g/mol. The van der Waals surface area contributed by atoms with Gasteiger partial charge in [0.2, 0.25) is 0 Å². The summed E-state index contributed by atoms with van der Waals surface area (Å²) >= 11 is 0. The Bertz CT molecular complexity index is 2180. The first kappa shape index (κ1) is 35.7. The highest BCUT2D eigenvalue weighted by Gasteiger charge is 2.19. The van der Waals surface area contributed by atoms with Gasteiger partial charge in [-0.05, 0) is 91.0 Å². The molecule has 53 heavy (non-hydrogen) atoms. The van der Waals surface area contributed by atoms with Crippen LogP contribution >= 0.6 is 0 Å². The lowest BCUT2D eigenvalue weighted by atomic mass is 9.83. The fourth-order valence-electron chi connectivity index (χ4n) is 7.63. The minimum atomic E-state index is 0.205. The van der Waals surface area contributed by atoms with Crippen LogP contribution in [0.1, 0.15) is 91.4 Å². The van der Waals surface area contributed by atoms with Crippen LogP contribution in [0.4, 0.5) is 0 Å². The molecule has 1 aliphatic rings. The third kappa shape index (κ3) is 9.39. The first-order valence-corrected chi connectivity index (χ1v) is 19.1. The van der Waals surface area contributed by atoms with Crippen molar-refractivity contribution in [3.05, 3.63) is 242 Å². The van der Waals surface area contributed by atoms with Crippen molar-refractivity contribution in [1.29, 1.82) is 0 Å². The van der Waals surface area contributed by atoms with Gasteiger partial charge in [0, 0.05) is 11.8 Å². The topological polar surface area (TPSA) is 0 Å². The minimum Gasteiger partial charge on any atom is -0.0804 e. The molecule has 6 aromatic rings. The summed E-state index contributed by atoms with van der Waals surface area (Å²) in [6.07, 6.45) is 18.2. The molecule has 262 valence electrons. The lowest BCUT2D eigenvalue weighted by molar-refractivity contribution is 0.765. The summed E-state index contributed by atoms with van der Waals surface area (Å²) < 4.78 is 0. The summed E-state index contributed by atoms with van der Waals surface area (Å²) in [4.78, 5) is 0. The van der Waals surface area contributed by atoms with Crippen LogP contribution in [-0.4, -0.2) is 0 Å². The zero-order valence-corrected chi connectivity index (χ0v) is 31.5.